The number of nitrogens with zero attached hydrogens (tertiary/aromatic N) is 1. The van der Waals surface area contributed by atoms with E-state index in [1.807, 2.05) is 30.3 Å². The summed E-state index contributed by atoms with van der Waals surface area (Å²) in [5.41, 5.74) is 1.05. The van der Waals surface area contributed by atoms with Gasteiger partial charge in [0, 0.05) is 6.54 Å². The maximum atomic E-state index is 12.4. The normalized spacial score (nSPS) is 12.7. The fourth-order valence-electron chi connectivity index (χ4n) is 2.44. The second-order valence-electron chi connectivity index (χ2n) is 5.79. The van der Waals surface area contributed by atoms with Gasteiger partial charge in [0.25, 0.3) is 0 Å². The first kappa shape index (κ1) is 17.7. The lowest BCUT2D eigenvalue weighted by atomic mass is 9.90. The fourth-order valence-corrected chi connectivity index (χ4v) is 2.44. The van der Waals surface area contributed by atoms with Crippen molar-refractivity contribution in [1.29, 1.82) is 0 Å². The van der Waals surface area contributed by atoms with Crippen LogP contribution in [0.25, 0.3) is 0 Å². The molecule has 0 saturated carbocycles. The summed E-state index contributed by atoms with van der Waals surface area (Å²) >= 11 is 0. The molecule has 3 nitrogen and oxygen atoms in total. The molecule has 0 N–H and O–H groups in total. The van der Waals surface area contributed by atoms with E-state index in [0.717, 1.165) is 31.6 Å². The van der Waals surface area contributed by atoms with Gasteiger partial charge in [0.05, 0.1) is 5.92 Å². The van der Waals surface area contributed by atoms with E-state index in [1.165, 1.54) is 0 Å². The van der Waals surface area contributed by atoms with Crippen LogP contribution in [0.5, 0.6) is 0 Å². The molecular formula is C18H29NO2. The molecule has 3 heteroatoms. The molecular weight excluding hydrogens is 262 g/mol. The zero-order valence-electron chi connectivity index (χ0n) is 13.8. The molecule has 0 aliphatic rings. The number of ether oxygens (including phenoxy) is 1. The predicted octanol–water partition coefficient (Wildman–Crippen LogP) is 3.70. The average molecular weight is 291 g/mol. The van der Waals surface area contributed by atoms with Crippen molar-refractivity contribution < 1.29 is 9.53 Å². The summed E-state index contributed by atoms with van der Waals surface area (Å²) in [4.78, 5) is 14.7. The quantitative estimate of drug-likeness (QED) is 0.650. The monoisotopic (exact) mass is 291 g/mol. The van der Waals surface area contributed by atoms with Crippen molar-refractivity contribution in [2.75, 3.05) is 26.2 Å². The Labute approximate surface area is 129 Å². The Balaban J connectivity index is 2.60. The zero-order valence-corrected chi connectivity index (χ0v) is 13.8. The summed E-state index contributed by atoms with van der Waals surface area (Å²) in [6, 6.07) is 9.96. The minimum Gasteiger partial charge on any atom is -0.464 e. The molecule has 1 aromatic rings. The van der Waals surface area contributed by atoms with Gasteiger partial charge in [-0.15, -0.1) is 0 Å². The number of carbonyl (C=O) groups excluding carboxylic acids is 1. The van der Waals surface area contributed by atoms with Crippen LogP contribution in [0.15, 0.2) is 30.3 Å². The highest BCUT2D eigenvalue weighted by Gasteiger charge is 2.23. The van der Waals surface area contributed by atoms with E-state index in [4.69, 9.17) is 4.74 Å². The molecule has 0 aliphatic heterocycles. The van der Waals surface area contributed by atoms with E-state index >= 15 is 0 Å². The van der Waals surface area contributed by atoms with E-state index in [2.05, 4.69) is 32.6 Å². The summed E-state index contributed by atoms with van der Waals surface area (Å²) in [7, 11) is 0. The van der Waals surface area contributed by atoms with Crippen molar-refractivity contribution in [3.05, 3.63) is 35.9 Å². The number of esters is 1. The van der Waals surface area contributed by atoms with Gasteiger partial charge in [0.15, 0.2) is 0 Å². The van der Waals surface area contributed by atoms with Crippen molar-refractivity contribution in [1.82, 2.24) is 4.90 Å². The highest BCUT2D eigenvalue weighted by Crippen LogP contribution is 2.25. The van der Waals surface area contributed by atoms with Gasteiger partial charge in [0.1, 0.15) is 6.61 Å². The van der Waals surface area contributed by atoms with E-state index in [9.17, 15) is 4.79 Å². The molecule has 0 bridgehead atoms. The Bertz CT molecular complexity index is 399. The molecule has 1 aromatic carbocycles. The molecule has 0 aliphatic carbocycles. The van der Waals surface area contributed by atoms with Gasteiger partial charge in [-0.05, 0) is 31.0 Å². The van der Waals surface area contributed by atoms with Crippen molar-refractivity contribution in [2.45, 2.75) is 40.0 Å². The lowest BCUT2D eigenvalue weighted by Gasteiger charge is -2.21. The minimum absolute atomic E-state index is 0.0953. The van der Waals surface area contributed by atoms with Gasteiger partial charge in [-0.1, -0.05) is 58.0 Å². The molecule has 0 radical (unpaired) electrons. The third kappa shape index (κ3) is 6.30. The van der Waals surface area contributed by atoms with Crippen LogP contribution in [0.3, 0.4) is 0 Å². The molecule has 0 heterocycles. The maximum Gasteiger partial charge on any atom is 0.313 e. The molecule has 21 heavy (non-hydrogen) atoms. The SMILES string of the molecule is CCN(CC)CCOC(=O)C(CC(C)C)c1ccccc1. The minimum atomic E-state index is -0.150. The predicted molar refractivity (Wildman–Crippen MR) is 87.4 cm³/mol. The topological polar surface area (TPSA) is 29.5 Å². The number of carbonyl (C=O) groups is 1. The number of hydrogen-bond acceptors (Lipinski definition) is 3. The molecule has 1 atom stereocenters. The Morgan fingerprint density at radius 2 is 1.76 bits per heavy atom. The first-order valence-electron chi connectivity index (χ1n) is 8.02. The van der Waals surface area contributed by atoms with E-state index in [1.54, 1.807) is 0 Å². The van der Waals surface area contributed by atoms with Gasteiger partial charge < -0.3 is 9.64 Å². The third-order valence-corrected chi connectivity index (χ3v) is 3.74. The molecule has 0 spiro atoms. The molecule has 0 fully saturated rings. The number of hydrogen-bond donors (Lipinski definition) is 0. The summed E-state index contributed by atoms with van der Waals surface area (Å²) in [5.74, 6) is 0.218. The molecule has 0 saturated heterocycles. The summed E-state index contributed by atoms with van der Waals surface area (Å²) in [6.07, 6.45) is 0.827. The second-order valence-corrected chi connectivity index (χ2v) is 5.79. The van der Waals surface area contributed by atoms with Crippen LogP contribution in [0.2, 0.25) is 0 Å². The van der Waals surface area contributed by atoms with Gasteiger partial charge in [-0.2, -0.15) is 0 Å². The van der Waals surface area contributed by atoms with Crippen molar-refractivity contribution in [3.63, 3.8) is 0 Å². The van der Waals surface area contributed by atoms with Crippen LogP contribution in [-0.2, 0) is 9.53 Å². The standard InChI is InChI=1S/C18H29NO2/c1-5-19(6-2)12-13-21-18(20)17(14-15(3)4)16-10-8-7-9-11-16/h7-11,15,17H,5-6,12-14H2,1-4H3. The molecule has 118 valence electrons. The first-order chi connectivity index (χ1) is 10.1. The number of benzene rings is 1. The number of rotatable bonds is 9. The Morgan fingerprint density at radius 1 is 1.14 bits per heavy atom. The third-order valence-electron chi connectivity index (χ3n) is 3.74. The van der Waals surface area contributed by atoms with Crippen LogP contribution in [-0.4, -0.2) is 37.1 Å². The van der Waals surface area contributed by atoms with Crippen molar-refractivity contribution >= 4 is 5.97 Å². The smallest absolute Gasteiger partial charge is 0.313 e. The highest BCUT2D eigenvalue weighted by molar-refractivity contribution is 5.78. The van der Waals surface area contributed by atoms with Crippen LogP contribution >= 0.6 is 0 Å². The maximum absolute atomic E-state index is 12.4. The Hall–Kier alpha value is -1.35. The van der Waals surface area contributed by atoms with E-state index < -0.39 is 0 Å². The summed E-state index contributed by atoms with van der Waals surface area (Å²) in [6.45, 7) is 11.8. The fraction of sp³-hybridized carbons (Fsp3) is 0.611. The van der Waals surface area contributed by atoms with Crippen LogP contribution in [0, 0.1) is 5.92 Å². The second kappa shape index (κ2) is 9.56. The number of likely N-dealkylation sites (N-methyl/N-ethyl adjacent to an activating group) is 1. The average Bonchev–Trinajstić information content (AvgIpc) is 2.49. The first-order valence-corrected chi connectivity index (χ1v) is 8.02. The lowest BCUT2D eigenvalue weighted by Crippen LogP contribution is -2.29. The van der Waals surface area contributed by atoms with E-state index in [-0.39, 0.29) is 11.9 Å². The van der Waals surface area contributed by atoms with Crippen LogP contribution < -0.4 is 0 Å². The van der Waals surface area contributed by atoms with E-state index in [0.29, 0.717) is 12.5 Å². The molecule has 0 amide bonds. The van der Waals surface area contributed by atoms with Gasteiger partial charge in [-0.3, -0.25) is 4.79 Å². The highest BCUT2D eigenvalue weighted by atomic mass is 16.5. The summed E-state index contributed by atoms with van der Waals surface area (Å²) < 4.78 is 5.51. The van der Waals surface area contributed by atoms with Crippen LogP contribution in [0.4, 0.5) is 0 Å². The zero-order chi connectivity index (χ0) is 15.7. The van der Waals surface area contributed by atoms with Crippen molar-refractivity contribution in [3.8, 4) is 0 Å². The van der Waals surface area contributed by atoms with Gasteiger partial charge >= 0.3 is 5.97 Å². The Kier molecular flexibility index (Phi) is 8.06. The molecule has 1 rings (SSSR count). The molecule has 0 aromatic heterocycles. The van der Waals surface area contributed by atoms with Gasteiger partial charge in [0.2, 0.25) is 0 Å². The summed E-state index contributed by atoms with van der Waals surface area (Å²) in [5, 5.41) is 0. The Morgan fingerprint density at radius 3 is 2.29 bits per heavy atom. The van der Waals surface area contributed by atoms with Gasteiger partial charge in [-0.25, -0.2) is 0 Å². The van der Waals surface area contributed by atoms with Crippen molar-refractivity contribution in [2.24, 2.45) is 5.92 Å². The largest absolute Gasteiger partial charge is 0.464 e. The lowest BCUT2D eigenvalue weighted by molar-refractivity contribution is -0.146. The molecule has 1 unspecified atom stereocenters. The van der Waals surface area contributed by atoms with Crippen LogP contribution in [0.1, 0.15) is 45.6 Å².